The largest absolute Gasteiger partial charge is 0.494 e. The molecule has 0 aliphatic heterocycles. The maximum atomic E-state index is 5.97. The van der Waals surface area contributed by atoms with Gasteiger partial charge in [-0.1, -0.05) is 11.6 Å². The molecule has 0 amide bonds. The summed E-state index contributed by atoms with van der Waals surface area (Å²) in [5, 5.41) is 0.602. The fourth-order valence-electron chi connectivity index (χ4n) is 0.730. The van der Waals surface area contributed by atoms with Crippen molar-refractivity contribution in [2.45, 2.75) is 0 Å². The van der Waals surface area contributed by atoms with Crippen LogP contribution in [0.3, 0.4) is 0 Å². The molecule has 0 aromatic heterocycles. The van der Waals surface area contributed by atoms with Gasteiger partial charge in [0.15, 0.2) is 5.75 Å². The molecule has 0 N–H and O–H groups in total. The Morgan fingerprint density at radius 1 is 1.42 bits per heavy atom. The summed E-state index contributed by atoms with van der Waals surface area (Å²) in [5.41, 5.74) is 0. The van der Waals surface area contributed by atoms with E-state index < -0.39 is 0 Å². The molecule has 0 fully saturated rings. The molecule has 0 bridgehead atoms. The summed E-state index contributed by atoms with van der Waals surface area (Å²) < 4.78 is 7.91. The van der Waals surface area contributed by atoms with Crippen LogP contribution in [0.1, 0.15) is 0 Å². The molecule has 0 spiro atoms. The highest BCUT2D eigenvalue weighted by atomic mass is 127. The molecule has 0 atom stereocenters. The van der Waals surface area contributed by atoms with Crippen molar-refractivity contribution in [2.75, 3.05) is 7.11 Å². The smallest absolute Gasteiger partial charge is 0.153 e. The van der Waals surface area contributed by atoms with Crippen molar-refractivity contribution in [1.29, 1.82) is 0 Å². The van der Waals surface area contributed by atoms with Gasteiger partial charge in [-0.3, -0.25) is 0 Å². The van der Waals surface area contributed by atoms with Crippen LogP contribution in [0.25, 0.3) is 0 Å². The summed E-state index contributed by atoms with van der Waals surface area (Å²) in [6.45, 7) is 0. The number of hydrogen-bond acceptors (Lipinski definition) is 1. The highest BCUT2D eigenvalue weighted by Crippen LogP contribution is 2.40. The fourth-order valence-corrected chi connectivity index (χ4v) is 2.89. The van der Waals surface area contributed by atoms with Gasteiger partial charge in [0.05, 0.1) is 15.7 Å². The van der Waals surface area contributed by atoms with E-state index >= 15 is 0 Å². The van der Waals surface area contributed by atoms with E-state index in [-0.39, 0.29) is 0 Å². The molecular formula is C7H4Br2ClIO. The molecule has 0 aliphatic carbocycles. The Bertz CT molecular complexity index is 291. The third kappa shape index (κ3) is 2.08. The van der Waals surface area contributed by atoms with E-state index in [2.05, 4.69) is 54.5 Å². The van der Waals surface area contributed by atoms with Crippen LogP contribution in [0, 0.1) is 3.57 Å². The molecule has 5 heteroatoms. The second-order valence-electron chi connectivity index (χ2n) is 2.00. The van der Waals surface area contributed by atoms with Gasteiger partial charge in [0.1, 0.15) is 0 Å². The molecule has 12 heavy (non-hydrogen) atoms. The maximum absolute atomic E-state index is 5.97. The lowest BCUT2D eigenvalue weighted by atomic mass is 10.3. The lowest BCUT2D eigenvalue weighted by Crippen LogP contribution is -1.89. The number of halogens is 4. The summed E-state index contributed by atoms with van der Waals surface area (Å²) in [4.78, 5) is 0. The number of rotatable bonds is 1. The van der Waals surface area contributed by atoms with Gasteiger partial charge in [-0.25, -0.2) is 0 Å². The van der Waals surface area contributed by atoms with Gasteiger partial charge < -0.3 is 4.74 Å². The van der Waals surface area contributed by atoms with Crippen LogP contribution in [0.4, 0.5) is 0 Å². The van der Waals surface area contributed by atoms with E-state index in [4.69, 9.17) is 16.3 Å². The SMILES string of the molecule is COc1c(Cl)c(Br)cc(Br)c1I. The average Bonchev–Trinajstić information content (AvgIpc) is 2.02. The molecule has 1 aromatic rings. The lowest BCUT2D eigenvalue weighted by Gasteiger charge is -2.08. The Kier molecular flexibility index (Phi) is 4.14. The van der Waals surface area contributed by atoms with Gasteiger partial charge in [-0.05, 0) is 60.5 Å². The minimum atomic E-state index is 0.602. The van der Waals surface area contributed by atoms with Crippen molar-refractivity contribution in [1.82, 2.24) is 0 Å². The van der Waals surface area contributed by atoms with Gasteiger partial charge in [0.2, 0.25) is 0 Å². The monoisotopic (exact) mass is 424 g/mol. The van der Waals surface area contributed by atoms with Crippen LogP contribution in [0.5, 0.6) is 5.75 Å². The Labute approximate surface area is 106 Å². The number of hydrogen-bond donors (Lipinski definition) is 0. The van der Waals surface area contributed by atoms with Crippen LogP contribution < -0.4 is 4.74 Å². The van der Waals surface area contributed by atoms with Crippen LogP contribution in [0.15, 0.2) is 15.0 Å². The standard InChI is InChI=1S/C7H4Br2ClIO/c1-12-7-5(10)3(8)2-4(9)6(7)11/h2H,1H3. The van der Waals surface area contributed by atoms with Crippen molar-refractivity contribution < 1.29 is 4.74 Å². The van der Waals surface area contributed by atoms with Crippen molar-refractivity contribution in [3.63, 3.8) is 0 Å². The first kappa shape index (κ1) is 11.1. The van der Waals surface area contributed by atoms with Crippen LogP contribution in [-0.4, -0.2) is 7.11 Å². The van der Waals surface area contributed by atoms with Gasteiger partial charge in [-0.15, -0.1) is 0 Å². The first-order chi connectivity index (χ1) is 5.57. The van der Waals surface area contributed by atoms with Gasteiger partial charge in [-0.2, -0.15) is 0 Å². The summed E-state index contributed by atoms with van der Waals surface area (Å²) in [5.74, 6) is 0.693. The third-order valence-corrected chi connectivity index (χ3v) is 4.94. The second-order valence-corrected chi connectivity index (χ2v) is 5.17. The zero-order valence-electron chi connectivity index (χ0n) is 6.00. The highest BCUT2D eigenvalue weighted by molar-refractivity contribution is 14.1. The predicted molar refractivity (Wildman–Crippen MR) is 66.1 cm³/mol. The molecule has 0 heterocycles. The Balaban J connectivity index is 3.42. The van der Waals surface area contributed by atoms with Crippen molar-refractivity contribution in [3.05, 3.63) is 23.6 Å². The molecular weight excluding hydrogens is 422 g/mol. The Morgan fingerprint density at radius 3 is 2.50 bits per heavy atom. The van der Waals surface area contributed by atoms with E-state index in [9.17, 15) is 0 Å². The molecule has 0 saturated heterocycles. The van der Waals surface area contributed by atoms with E-state index in [0.29, 0.717) is 10.8 Å². The zero-order valence-corrected chi connectivity index (χ0v) is 12.1. The molecule has 66 valence electrons. The van der Waals surface area contributed by atoms with Crippen molar-refractivity contribution in [3.8, 4) is 5.75 Å². The molecule has 0 aliphatic rings. The van der Waals surface area contributed by atoms with Crippen molar-refractivity contribution in [2.24, 2.45) is 0 Å². The number of ether oxygens (including phenoxy) is 1. The molecule has 0 saturated carbocycles. The van der Waals surface area contributed by atoms with Crippen LogP contribution >= 0.6 is 66.1 Å². The predicted octanol–water partition coefficient (Wildman–Crippen LogP) is 4.48. The first-order valence-corrected chi connectivity index (χ1v) is 5.99. The topological polar surface area (TPSA) is 9.23 Å². The minimum Gasteiger partial charge on any atom is -0.494 e. The quantitative estimate of drug-likeness (QED) is 0.476. The fraction of sp³-hybridized carbons (Fsp3) is 0.143. The molecule has 1 rings (SSSR count). The average molecular weight is 426 g/mol. The van der Waals surface area contributed by atoms with Gasteiger partial charge in [0, 0.05) is 8.95 Å². The highest BCUT2D eigenvalue weighted by Gasteiger charge is 2.12. The van der Waals surface area contributed by atoms with Gasteiger partial charge in [0.25, 0.3) is 0 Å². The van der Waals surface area contributed by atoms with E-state index in [1.54, 1.807) is 7.11 Å². The second kappa shape index (κ2) is 4.48. The summed E-state index contributed by atoms with van der Waals surface area (Å²) >= 11 is 14.9. The molecule has 1 nitrogen and oxygen atoms in total. The maximum Gasteiger partial charge on any atom is 0.153 e. The van der Waals surface area contributed by atoms with E-state index in [1.165, 1.54) is 0 Å². The van der Waals surface area contributed by atoms with Crippen LogP contribution in [-0.2, 0) is 0 Å². The molecule has 1 aromatic carbocycles. The molecule has 0 radical (unpaired) electrons. The minimum absolute atomic E-state index is 0.602. The zero-order chi connectivity index (χ0) is 9.30. The Morgan fingerprint density at radius 2 is 2.00 bits per heavy atom. The Hall–Kier alpha value is 1.000. The number of methoxy groups -OCH3 is 1. The third-order valence-electron chi connectivity index (χ3n) is 1.28. The number of benzene rings is 1. The van der Waals surface area contributed by atoms with Crippen LogP contribution in [0.2, 0.25) is 5.02 Å². The van der Waals surface area contributed by atoms with E-state index in [0.717, 1.165) is 12.5 Å². The van der Waals surface area contributed by atoms with Crippen molar-refractivity contribution >= 4 is 66.1 Å². The first-order valence-electron chi connectivity index (χ1n) is 2.95. The normalized spacial score (nSPS) is 10.1. The molecule has 0 unspecified atom stereocenters. The summed E-state index contributed by atoms with van der Waals surface area (Å²) in [7, 11) is 1.60. The lowest BCUT2D eigenvalue weighted by molar-refractivity contribution is 0.411. The van der Waals surface area contributed by atoms with E-state index in [1.807, 2.05) is 6.07 Å². The van der Waals surface area contributed by atoms with Gasteiger partial charge >= 0.3 is 0 Å². The summed E-state index contributed by atoms with van der Waals surface area (Å²) in [6, 6.07) is 1.90. The summed E-state index contributed by atoms with van der Waals surface area (Å²) in [6.07, 6.45) is 0.